The second-order valence-electron chi connectivity index (χ2n) is 8.31. The molecule has 0 bridgehead atoms. The van der Waals surface area contributed by atoms with Crippen molar-refractivity contribution in [2.24, 2.45) is 5.92 Å². The normalized spacial score (nSPS) is 18.1. The zero-order valence-corrected chi connectivity index (χ0v) is 18.2. The number of aliphatic hydroxyl groups is 1. The highest BCUT2D eigenvalue weighted by Gasteiger charge is 2.34. The molecule has 0 aliphatic carbocycles. The van der Waals surface area contributed by atoms with Crippen LogP contribution in [0, 0.1) is 18.8 Å². The summed E-state index contributed by atoms with van der Waals surface area (Å²) >= 11 is 0. The Bertz CT molecular complexity index is 1050. The number of hydrogen-bond acceptors (Lipinski definition) is 7. The minimum absolute atomic E-state index is 0.0265. The van der Waals surface area contributed by atoms with Crippen LogP contribution in [0.2, 0.25) is 0 Å². The molecule has 0 spiro atoms. The van der Waals surface area contributed by atoms with E-state index < -0.39 is 12.2 Å². The maximum Gasteiger partial charge on any atom is 0.212 e. The van der Waals surface area contributed by atoms with E-state index in [4.69, 9.17) is 0 Å². The number of nitrogens with one attached hydrogen (secondary N) is 2. The van der Waals surface area contributed by atoms with E-state index >= 15 is 0 Å². The smallest absolute Gasteiger partial charge is 0.212 e. The Labute approximate surface area is 181 Å². The quantitative estimate of drug-likeness (QED) is 0.523. The summed E-state index contributed by atoms with van der Waals surface area (Å²) in [5, 5.41) is 21.4. The van der Waals surface area contributed by atoms with Crippen LogP contribution in [-0.2, 0) is 13.1 Å². The minimum atomic E-state index is -0.640. The lowest BCUT2D eigenvalue weighted by Crippen LogP contribution is -2.52. The average molecular weight is 426 g/mol. The van der Waals surface area contributed by atoms with Gasteiger partial charge in [0.15, 0.2) is 0 Å². The van der Waals surface area contributed by atoms with Crippen LogP contribution in [0.5, 0.6) is 0 Å². The number of hydrogen-bond donors (Lipinski definition) is 3. The van der Waals surface area contributed by atoms with Gasteiger partial charge in [-0.25, -0.2) is 9.97 Å². The zero-order chi connectivity index (χ0) is 22.1. The summed E-state index contributed by atoms with van der Waals surface area (Å²) in [6.07, 6.45) is 4.62. The molecule has 0 radical (unpaired) electrons. The van der Waals surface area contributed by atoms with Gasteiger partial charge in [-0.3, -0.25) is 4.68 Å². The van der Waals surface area contributed by atoms with Crippen molar-refractivity contribution in [1.29, 1.82) is 0 Å². The molecule has 0 aromatic carbocycles. The molecule has 1 aliphatic rings. The van der Waals surface area contributed by atoms with Gasteiger partial charge in [0.05, 0.1) is 35.9 Å². The Morgan fingerprint density at radius 1 is 1.26 bits per heavy atom. The molecule has 8 nitrogen and oxygen atoms in total. The van der Waals surface area contributed by atoms with Crippen LogP contribution >= 0.6 is 0 Å². The highest BCUT2D eigenvalue weighted by Crippen LogP contribution is 2.37. The van der Waals surface area contributed by atoms with Crippen molar-refractivity contribution in [2.75, 3.05) is 22.6 Å². The number of aromatic nitrogens is 4. The summed E-state index contributed by atoms with van der Waals surface area (Å²) in [5.74, 6) is 0.559. The van der Waals surface area contributed by atoms with E-state index in [2.05, 4.69) is 44.4 Å². The predicted molar refractivity (Wildman–Crippen MR) is 118 cm³/mol. The van der Waals surface area contributed by atoms with Gasteiger partial charge in [0, 0.05) is 37.6 Å². The van der Waals surface area contributed by atoms with Gasteiger partial charge in [-0.1, -0.05) is 19.9 Å². The fourth-order valence-electron chi connectivity index (χ4n) is 4.08. The molecule has 164 valence electrons. The van der Waals surface area contributed by atoms with Crippen LogP contribution < -0.4 is 15.5 Å². The lowest BCUT2D eigenvalue weighted by atomic mass is 9.97. The predicted octanol–water partition coefficient (Wildman–Crippen LogP) is 2.99. The summed E-state index contributed by atoms with van der Waals surface area (Å²) in [6, 6.07) is 5.03. The first-order valence-electron chi connectivity index (χ1n) is 10.4. The molecule has 4 heterocycles. The molecule has 3 aromatic heterocycles. The van der Waals surface area contributed by atoms with Crippen molar-refractivity contribution in [2.45, 2.75) is 46.1 Å². The summed E-state index contributed by atoms with van der Waals surface area (Å²) in [7, 11) is 2.01. The summed E-state index contributed by atoms with van der Waals surface area (Å²) in [6.45, 7) is 7.23. The second-order valence-corrected chi connectivity index (χ2v) is 8.31. The molecule has 9 heteroatoms. The van der Waals surface area contributed by atoms with Crippen LogP contribution in [0.1, 0.15) is 30.7 Å². The third-order valence-electron chi connectivity index (χ3n) is 5.60. The highest BCUT2D eigenvalue weighted by atomic mass is 19.1. The summed E-state index contributed by atoms with van der Waals surface area (Å²) in [5.41, 5.74) is 4.59. The number of nitrogens with zero attached hydrogens (tertiary/aromatic N) is 5. The molecule has 0 fully saturated rings. The Balaban J connectivity index is 1.46. The minimum Gasteiger partial charge on any atom is -0.372 e. The topological polar surface area (TPSA) is 91.1 Å². The monoisotopic (exact) mass is 425 g/mol. The van der Waals surface area contributed by atoms with Gasteiger partial charge in [0.25, 0.3) is 0 Å². The number of pyridine rings is 2. The van der Waals surface area contributed by atoms with Gasteiger partial charge in [-0.05, 0) is 24.5 Å². The van der Waals surface area contributed by atoms with Crippen molar-refractivity contribution in [3.63, 3.8) is 0 Å². The third kappa shape index (κ3) is 4.46. The molecule has 2 atom stereocenters. The Hall–Kier alpha value is -3.20. The van der Waals surface area contributed by atoms with Crippen molar-refractivity contribution in [3.05, 3.63) is 59.6 Å². The van der Waals surface area contributed by atoms with Gasteiger partial charge < -0.3 is 20.6 Å². The van der Waals surface area contributed by atoms with Gasteiger partial charge >= 0.3 is 0 Å². The summed E-state index contributed by atoms with van der Waals surface area (Å²) < 4.78 is 14.8. The molecule has 0 amide bonds. The van der Waals surface area contributed by atoms with Gasteiger partial charge in [0.2, 0.25) is 5.95 Å². The number of anilines is 3. The molecule has 4 rings (SSSR count). The molecular formula is C22H28FN7O. The second kappa shape index (κ2) is 8.50. The van der Waals surface area contributed by atoms with Crippen molar-refractivity contribution < 1.29 is 9.50 Å². The fraction of sp³-hybridized carbons (Fsp3) is 0.409. The maximum atomic E-state index is 13.0. The van der Waals surface area contributed by atoms with Crippen molar-refractivity contribution >= 4 is 17.2 Å². The average Bonchev–Trinajstić information content (AvgIpc) is 3.16. The first-order valence-corrected chi connectivity index (χ1v) is 10.4. The van der Waals surface area contributed by atoms with E-state index in [1.165, 1.54) is 12.3 Å². The van der Waals surface area contributed by atoms with Crippen LogP contribution in [0.15, 0.2) is 36.8 Å². The first-order chi connectivity index (χ1) is 14.8. The highest BCUT2D eigenvalue weighted by molar-refractivity contribution is 5.77. The lowest BCUT2D eigenvalue weighted by molar-refractivity contribution is 0.143. The first kappa shape index (κ1) is 21.0. The van der Waals surface area contributed by atoms with E-state index in [0.29, 0.717) is 13.1 Å². The van der Waals surface area contributed by atoms with E-state index in [-0.39, 0.29) is 12.0 Å². The number of rotatable bonds is 6. The van der Waals surface area contributed by atoms with Crippen LogP contribution in [0.25, 0.3) is 0 Å². The summed E-state index contributed by atoms with van der Waals surface area (Å²) in [4.78, 5) is 10.4. The molecule has 2 unspecified atom stereocenters. The zero-order valence-electron chi connectivity index (χ0n) is 18.2. The lowest BCUT2D eigenvalue weighted by Gasteiger charge is -2.42. The molecular weight excluding hydrogens is 397 g/mol. The van der Waals surface area contributed by atoms with Crippen molar-refractivity contribution in [3.8, 4) is 0 Å². The van der Waals surface area contributed by atoms with E-state index in [0.717, 1.165) is 34.0 Å². The fourth-order valence-corrected chi connectivity index (χ4v) is 4.08. The largest absolute Gasteiger partial charge is 0.372 e. The number of aliphatic hydroxyl groups excluding tert-OH is 1. The Kier molecular flexibility index (Phi) is 5.77. The van der Waals surface area contributed by atoms with Crippen LogP contribution in [-0.4, -0.2) is 44.2 Å². The molecule has 1 aliphatic heterocycles. The number of aryl methyl sites for hydroxylation is 1. The van der Waals surface area contributed by atoms with E-state index in [9.17, 15) is 9.50 Å². The van der Waals surface area contributed by atoms with Gasteiger partial charge in [0.1, 0.15) is 12.0 Å². The maximum absolute atomic E-state index is 13.0. The van der Waals surface area contributed by atoms with Gasteiger partial charge in [-0.2, -0.15) is 9.49 Å². The number of likely N-dealkylation sites (N-methyl/N-ethyl adjacent to an activating group) is 1. The molecule has 3 N–H and O–H groups in total. The van der Waals surface area contributed by atoms with Gasteiger partial charge in [-0.15, -0.1) is 0 Å². The SMILES string of the molecule is Cc1nc(NCc2cnn(Cc3ccc(F)nc3)c2)cc2c1NC(O)C(C(C)C)N2C. The van der Waals surface area contributed by atoms with E-state index in [1.807, 2.05) is 26.2 Å². The Morgan fingerprint density at radius 3 is 2.77 bits per heavy atom. The van der Waals surface area contributed by atoms with Crippen LogP contribution in [0.4, 0.5) is 21.6 Å². The Morgan fingerprint density at radius 2 is 2.06 bits per heavy atom. The molecule has 31 heavy (non-hydrogen) atoms. The van der Waals surface area contributed by atoms with E-state index in [1.54, 1.807) is 16.9 Å². The number of halogens is 1. The standard InChI is InChI=1S/C22H28FN7O/c1-13(2)21-22(31)28-20-14(3)27-19(7-17(20)29(21)4)25-9-16-10-26-30(12-16)11-15-5-6-18(23)24-8-15/h5-8,10,12-13,21-22,28,31H,9,11H2,1-4H3,(H,25,27). The third-order valence-corrected chi connectivity index (χ3v) is 5.60. The number of fused-ring (bicyclic) bond motifs is 1. The molecule has 3 aromatic rings. The van der Waals surface area contributed by atoms with Crippen LogP contribution in [0.3, 0.4) is 0 Å². The molecule has 0 saturated heterocycles. The van der Waals surface area contributed by atoms with Crippen molar-refractivity contribution in [1.82, 2.24) is 19.7 Å². The molecule has 0 saturated carbocycles.